The summed E-state index contributed by atoms with van der Waals surface area (Å²) in [5.41, 5.74) is 3.59. The molecular formula is C27H28N4O3S. The summed E-state index contributed by atoms with van der Waals surface area (Å²) in [7, 11) is 0. The molecule has 0 bridgehead atoms. The smallest absolute Gasteiger partial charge is 0.336 e. The van der Waals surface area contributed by atoms with Crippen LogP contribution in [0.25, 0.3) is 17.1 Å². The third-order valence-corrected chi connectivity index (χ3v) is 6.16. The Labute approximate surface area is 209 Å². The molecule has 0 fully saturated rings. The van der Waals surface area contributed by atoms with Gasteiger partial charge in [0.05, 0.1) is 18.0 Å². The van der Waals surface area contributed by atoms with Crippen LogP contribution >= 0.6 is 11.8 Å². The van der Waals surface area contributed by atoms with Gasteiger partial charge in [-0.2, -0.15) is 4.98 Å². The maximum Gasteiger partial charge on any atom is 0.336 e. The zero-order valence-electron chi connectivity index (χ0n) is 19.8. The first kappa shape index (κ1) is 24.5. The lowest BCUT2D eigenvalue weighted by Crippen LogP contribution is -2.14. The fraction of sp³-hybridized carbons (Fsp3) is 0.222. The van der Waals surface area contributed by atoms with Crippen LogP contribution in [0, 0.1) is 6.92 Å². The van der Waals surface area contributed by atoms with Crippen LogP contribution in [-0.2, 0) is 9.53 Å². The third-order valence-electron chi connectivity index (χ3n) is 5.15. The standard InChI is InChI=1S/C27H28N4O3S/c1-3-33-17-18-34-27-29-26(24-12-8-7-9-20(24)2)31(30-27)22-15-13-21(14-16-22)28-25(32)19-35-23-10-5-4-6-11-23/h4-16H,3,17-19H2,1-2H3,(H,28,32). The van der Waals surface area contributed by atoms with Crippen molar-refractivity contribution in [3.05, 3.63) is 84.4 Å². The first-order valence-corrected chi connectivity index (χ1v) is 12.4. The Kier molecular flexibility index (Phi) is 8.53. The highest BCUT2D eigenvalue weighted by Crippen LogP contribution is 2.27. The van der Waals surface area contributed by atoms with Gasteiger partial charge in [-0.3, -0.25) is 4.79 Å². The van der Waals surface area contributed by atoms with Crippen molar-refractivity contribution in [1.82, 2.24) is 14.8 Å². The molecule has 35 heavy (non-hydrogen) atoms. The lowest BCUT2D eigenvalue weighted by atomic mass is 10.1. The van der Waals surface area contributed by atoms with Gasteiger partial charge < -0.3 is 14.8 Å². The van der Waals surface area contributed by atoms with Crippen molar-refractivity contribution in [2.24, 2.45) is 0 Å². The van der Waals surface area contributed by atoms with E-state index in [1.807, 2.05) is 92.7 Å². The van der Waals surface area contributed by atoms with E-state index in [-0.39, 0.29) is 5.91 Å². The van der Waals surface area contributed by atoms with Crippen molar-refractivity contribution in [1.29, 1.82) is 0 Å². The van der Waals surface area contributed by atoms with E-state index in [4.69, 9.17) is 9.47 Å². The largest absolute Gasteiger partial charge is 0.460 e. The summed E-state index contributed by atoms with van der Waals surface area (Å²) in [5.74, 6) is 0.970. The zero-order chi connectivity index (χ0) is 24.5. The Hall–Kier alpha value is -3.62. The Balaban J connectivity index is 1.49. The topological polar surface area (TPSA) is 78.3 Å². The molecule has 1 aromatic heterocycles. The average Bonchev–Trinajstić information content (AvgIpc) is 3.31. The molecule has 0 aliphatic heterocycles. The minimum absolute atomic E-state index is 0.0575. The Bertz CT molecular complexity index is 1240. The maximum atomic E-state index is 12.4. The van der Waals surface area contributed by atoms with Crippen molar-refractivity contribution in [3.63, 3.8) is 0 Å². The minimum Gasteiger partial charge on any atom is -0.460 e. The quantitative estimate of drug-likeness (QED) is 0.225. The molecule has 180 valence electrons. The van der Waals surface area contributed by atoms with Crippen LogP contribution < -0.4 is 10.1 Å². The van der Waals surface area contributed by atoms with Gasteiger partial charge in [-0.25, -0.2) is 4.68 Å². The van der Waals surface area contributed by atoms with Gasteiger partial charge in [0, 0.05) is 22.8 Å². The number of carbonyl (C=O) groups excluding carboxylic acids is 1. The summed E-state index contributed by atoms with van der Waals surface area (Å²) in [5, 5.41) is 7.53. The number of aryl methyl sites for hydroxylation is 1. The SMILES string of the molecule is CCOCCOc1nc(-c2ccccc2C)n(-c2ccc(NC(=O)CSc3ccccc3)cc2)n1. The number of hydrogen-bond acceptors (Lipinski definition) is 6. The van der Waals surface area contributed by atoms with E-state index >= 15 is 0 Å². The molecule has 0 aliphatic rings. The predicted octanol–water partition coefficient (Wildman–Crippen LogP) is 5.39. The monoisotopic (exact) mass is 488 g/mol. The third kappa shape index (κ3) is 6.71. The number of anilines is 1. The van der Waals surface area contributed by atoms with Gasteiger partial charge in [-0.15, -0.1) is 16.9 Å². The van der Waals surface area contributed by atoms with Crippen LogP contribution in [0.2, 0.25) is 0 Å². The fourth-order valence-corrected chi connectivity index (χ4v) is 4.14. The summed E-state index contributed by atoms with van der Waals surface area (Å²) in [6.07, 6.45) is 0. The van der Waals surface area contributed by atoms with E-state index in [0.717, 1.165) is 27.4 Å². The minimum atomic E-state index is -0.0575. The Morgan fingerprint density at radius 2 is 1.71 bits per heavy atom. The summed E-state index contributed by atoms with van der Waals surface area (Å²) >= 11 is 1.50. The number of thioether (sulfide) groups is 1. The van der Waals surface area contributed by atoms with E-state index in [9.17, 15) is 4.79 Å². The fourth-order valence-electron chi connectivity index (χ4n) is 3.42. The summed E-state index contributed by atoms with van der Waals surface area (Å²) in [6.45, 7) is 5.46. The molecule has 0 radical (unpaired) electrons. The molecule has 7 nitrogen and oxygen atoms in total. The summed E-state index contributed by atoms with van der Waals surface area (Å²) in [6, 6.07) is 25.7. The van der Waals surface area contributed by atoms with Gasteiger partial charge >= 0.3 is 6.01 Å². The lowest BCUT2D eigenvalue weighted by molar-refractivity contribution is -0.113. The lowest BCUT2D eigenvalue weighted by Gasteiger charge is -2.09. The van der Waals surface area contributed by atoms with Gasteiger partial charge in [-0.05, 0) is 55.8 Å². The van der Waals surface area contributed by atoms with Crippen LogP contribution in [-0.4, -0.2) is 46.2 Å². The second-order valence-electron chi connectivity index (χ2n) is 7.69. The number of hydrogen-bond donors (Lipinski definition) is 1. The van der Waals surface area contributed by atoms with Crippen LogP contribution in [0.3, 0.4) is 0 Å². The molecule has 3 aromatic carbocycles. The molecule has 1 N–H and O–H groups in total. The first-order valence-electron chi connectivity index (χ1n) is 11.5. The van der Waals surface area contributed by atoms with Crippen molar-refractivity contribution >= 4 is 23.4 Å². The Morgan fingerprint density at radius 1 is 0.971 bits per heavy atom. The van der Waals surface area contributed by atoms with Crippen LogP contribution in [0.5, 0.6) is 6.01 Å². The van der Waals surface area contributed by atoms with Gasteiger partial charge in [0.1, 0.15) is 6.61 Å². The van der Waals surface area contributed by atoms with Gasteiger partial charge in [0.2, 0.25) is 5.91 Å². The average molecular weight is 489 g/mol. The van der Waals surface area contributed by atoms with Gasteiger partial charge in [0.15, 0.2) is 5.82 Å². The van der Waals surface area contributed by atoms with Crippen molar-refractivity contribution in [2.45, 2.75) is 18.7 Å². The van der Waals surface area contributed by atoms with E-state index in [1.165, 1.54) is 11.8 Å². The highest BCUT2D eigenvalue weighted by Gasteiger charge is 2.16. The number of ether oxygens (including phenoxy) is 2. The van der Waals surface area contributed by atoms with Crippen molar-refractivity contribution < 1.29 is 14.3 Å². The Morgan fingerprint density at radius 3 is 2.46 bits per heavy atom. The molecule has 0 unspecified atom stereocenters. The van der Waals surface area contributed by atoms with E-state index < -0.39 is 0 Å². The second-order valence-corrected chi connectivity index (χ2v) is 8.74. The number of rotatable bonds is 11. The number of carbonyl (C=O) groups is 1. The van der Waals surface area contributed by atoms with Gasteiger partial charge in [-0.1, -0.05) is 42.5 Å². The van der Waals surface area contributed by atoms with Gasteiger partial charge in [0.25, 0.3) is 0 Å². The number of aromatic nitrogens is 3. The molecular weight excluding hydrogens is 460 g/mol. The maximum absolute atomic E-state index is 12.4. The highest BCUT2D eigenvalue weighted by atomic mass is 32.2. The van der Waals surface area contributed by atoms with Crippen LogP contribution in [0.15, 0.2) is 83.8 Å². The molecule has 8 heteroatoms. The second kappa shape index (κ2) is 12.2. The zero-order valence-corrected chi connectivity index (χ0v) is 20.6. The predicted molar refractivity (Wildman–Crippen MR) is 139 cm³/mol. The van der Waals surface area contributed by atoms with Crippen LogP contribution in [0.4, 0.5) is 5.69 Å². The van der Waals surface area contributed by atoms with E-state index in [0.29, 0.717) is 37.4 Å². The summed E-state index contributed by atoms with van der Waals surface area (Å²) in [4.78, 5) is 18.1. The highest BCUT2D eigenvalue weighted by molar-refractivity contribution is 8.00. The molecule has 4 aromatic rings. The molecule has 1 amide bonds. The van der Waals surface area contributed by atoms with E-state index in [1.54, 1.807) is 4.68 Å². The van der Waals surface area contributed by atoms with Crippen molar-refractivity contribution in [3.8, 4) is 23.1 Å². The molecule has 4 rings (SSSR count). The molecule has 0 spiro atoms. The molecule has 0 atom stereocenters. The molecule has 0 aliphatic carbocycles. The number of nitrogens with one attached hydrogen (secondary N) is 1. The number of amides is 1. The number of nitrogens with zero attached hydrogens (tertiary/aromatic N) is 3. The first-order chi connectivity index (χ1) is 17.1. The molecule has 0 saturated carbocycles. The van der Waals surface area contributed by atoms with Crippen LogP contribution in [0.1, 0.15) is 12.5 Å². The summed E-state index contributed by atoms with van der Waals surface area (Å²) < 4.78 is 12.8. The normalized spacial score (nSPS) is 10.8. The number of benzene rings is 3. The molecule has 0 saturated heterocycles. The molecule has 1 heterocycles. The van der Waals surface area contributed by atoms with E-state index in [2.05, 4.69) is 15.4 Å². The van der Waals surface area contributed by atoms with Crippen molar-refractivity contribution in [2.75, 3.05) is 30.9 Å².